The van der Waals surface area contributed by atoms with Crippen molar-refractivity contribution in [1.82, 2.24) is 0 Å². The third-order valence-electron chi connectivity index (χ3n) is 3.03. The molecule has 0 rings (SSSR count). The summed E-state index contributed by atoms with van der Waals surface area (Å²) < 4.78 is 0. The van der Waals surface area contributed by atoms with Crippen molar-refractivity contribution in [2.24, 2.45) is 5.92 Å². The van der Waals surface area contributed by atoms with Crippen molar-refractivity contribution in [3.63, 3.8) is 0 Å². The zero-order chi connectivity index (χ0) is 17.4. The van der Waals surface area contributed by atoms with E-state index in [2.05, 4.69) is 62.3 Å². The molecule has 0 bridgehead atoms. The van der Waals surface area contributed by atoms with Gasteiger partial charge in [0.1, 0.15) is 0 Å². The van der Waals surface area contributed by atoms with Crippen molar-refractivity contribution in [2.45, 2.75) is 133 Å². The average Bonchev–Trinajstić information content (AvgIpc) is 2.47. The minimum absolute atomic E-state index is 0.898. The standard InChI is InChI=1S/2C6H14.C5H12.C4H10/c1-4-5-6(2)3;1-3-5-6-4-2;1-3-5-4-2;1-3-4-2/h6H,4-5H2,1-3H3;3-6H2,1-2H3;3-5H2,1-2H3;3-4H2,1-2H3. The van der Waals surface area contributed by atoms with Crippen LogP contribution >= 0.6 is 0 Å². The first-order chi connectivity index (χ1) is 10.0. The molecule has 0 radical (unpaired) electrons. The minimum Gasteiger partial charge on any atom is -0.0654 e. The lowest BCUT2D eigenvalue weighted by atomic mass is 10.1. The van der Waals surface area contributed by atoms with E-state index in [0.29, 0.717) is 0 Å². The zero-order valence-electron chi connectivity index (χ0n) is 17.4. The smallest absolute Gasteiger partial charge is 0.0471 e. The summed E-state index contributed by atoms with van der Waals surface area (Å²) in [6.45, 7) is 20.0. The van der Waals surface area contributed by atoms with Gasteiger partial charge in [0.2, 0.25) is 0 Å². The molecule has 0 aromatic carbocycles. The van der Waals surface area contributed by atoms with E-state index >= 15 is 0 Å². The van der Waals surface area contributed by atoms with Crippen LogP contribution in [0.2, 0.25) is 0 Å². The highest BCUT2D eigenvalue weighted by Crippen LogP contribution is 2.00. The van der Waals surface area contributed by atoms with Gasteiger partial charge in [-0.3, -0.25) is 0 Å². The number of hydrogen-bond acceptors (Lipinski definition) is 0. The summed E-state index contributed by atoms with van der Waals surface area (Å²) in [5.41, 5.74) is 0. The highest BCUT2D eigenvalue weighted by molar-refractivity contribution is 4.38. The third kappa shape index (κ3) is 80.0. The van der Waals surface area contributed by atoms with Crippen molar-refractivity contribution in [3.05, 3.63) is 0 Å². The molecule has 0 aliphatic rings. The average molecular weight is 303 g/mol. The first kappa shape index (κ1) is 29.1. The monoisotopic (exact) mass is 302 g/mol. The fourth-order valence-corrected chi connectivity index (χ4v) is 1.43. The van der Waals surface area contributed by atoms with E-state index < -0.39 is 0 Å². The van der Waals surface area contributed by atoms with Crippen LogP contribution in [0.15, 0.2) is 0 Å². The van der Waals surface area contributed by atoms with Gasteiger partial charge in [-0.2, -0.15) is 0 Å². The van der Waals surface area contributed by atoms with Crippen molar-refractivity contribution in [3.8, 4) is 0 Å². The van der Waals surface area contributed by atoms with Crippen LogP contribution in [0.3, 0.4) is 0 Å². The van der Waals surface area contributed by atoms with Crippen LogP contribution in [0.25, 0.3) is 0 Å². The van der Waals surface area contributed by atoms with Gasteiger partial charge in [0.15, 0.2) is 0 Å². The largest absolute Gasteiger partial charge is 0.0654 e. The van der Waals surface area contributed by atoms with Crippen molar-refractivity contribution < 1.29 is 0 Å². The molecule has 134 valence electrons. The molecule has 0 fully saturated rings. The van der Waals surface area contributed by atoms with Gasteiger partial charge < -0.3 is 0 Å². The van der Waals surface area contributed by atoms with Crippen LogP contribution in [0, 0.1) is 5.92 Å². The molecule has 0 aliphatic heterocycles. The molecule has 0 aliphatic carbocycles. The lowest BCUT2D eigenvalue weighted by Gasteiger charge is -1.95. The summed E-state index contributed by atoms with van der Waals surface area (Å²) in [4.78, 5) is 0. The Morgan fingerprint density at radius 3 is 0.810 bits per heavy atom. The minimum atomic E-state index is 0.898. The second kappa shape index (κ2) is 36.8. The van der Waals surface area contributed by atoms with Gasteiger partial charge in [-0.15, -0.1) is 0 Å². The third-order valence-corrected chi connectivity index (χ3v) is 3.03. The van der Waals surface area contributed by atoms with Crippen LogP contribution in [0.1, 0.15) is 133 Å². The fraction of sp³-hybridized carbons (Fsp3) is 1.00. The van der Waals surface area contributed by atoms with Crippen LogP contribution in [-0.4, -0.2) is 0 Å². The summed E-state index contributed by atoms with van der Waals surface area (Å²) in [5, 5.41) is 0. The second-order valence-electron chi connectivity index (χ2n) is 6.24. The summed E-state index contributed by atoms with van der Waals surface area (Å²) in [6, 6.07) is 0. The van der Waals surface area contributed by atoms with Crippen LogP contribution in [0.5, 0.6) is 0 Å². The quantitative estimate of drug-likeness (QED) is 0.392. The molecule has 0 atom stereocenters. The zero-order valence-corrected chi connectivity index (χ0v) is 17.4. The Morgan fingerprint density at radius 2 is 0.762 bits per heavy atom. The molecule has 0 N–H and O–H groups in total. The summed E-state index contributed by atoms with van der Waals surface area (Å²) in [5.74, 6) is 0.898. The molecule has 0 amide bonds. The maximum absolute atomic E-state index is 2.25. The maximum atomic E-state index is 2.25. The van der Waals surface area contributed by atoms with Crippen LogP contribution in [-0.2, 0) is 0 Å². The Kier molecular flexibility index (Phi) is 51.0. The molecule has 0 nitrogen and oxygen atoms in total. The highest BCUT2D eigenvalue weighted by Gasteiger charge is 1.85. The molecular weight excluding hydrogens is 252 g/mol. The predicted molar refractivity (Wildman–Crippen MR) is 105 cm³/mol. The van der Waals surface area contributed by atoms with Gasteiger partial charge in [0, 0.05) is 0 Å². The topological polar surface area (TPSA) is 0 Å². The molecule has 0 spiro atoms. The molecule has 0 heteroatoms. The van der Waals surface area contributed by atoms with Crippen LogP contribution < -0.4 is 0 Å². The van der Waals surface area contributed by atoms with E-state index in [1.807, 2.05) is 0 Å². The lowest BCUT2D eigenvalue weighted by Crippen LogP contribution is -1.81. The molecule has 0 saturated carbocycles. The van der Waals surface area contributed by atoms with Gasteiger partial charge >= 0.3 is 0 Å². The number of rotatable bonds is 8. The predicted octanol–water partition coefficient (Wildman–Crippen LogP) is 9.03. The van der Waals surface area contributed by atoms with Crippen molar-refractivity contribution in [2.75, 3.05) is 0 Å². The summed E-state index contributed by atoms with van der Waals surface area (Å²) in [6.07, 6.45) is 15.0. The fourth-order valence-electron chi connectivity index (χ4n) is 1.43. The Morgan fingerprint density at radius 1 is 0.429 bits per heavy atom. The van der Waals surface area contributed by atoms with Crippen molar-refractivity contribution in [1.29, 1.82) is 0 Å². The van der Waals surface area contributed by atoms with Crippen molar-refractivity contribution >= 4 is 0 Å². The SMILES string of the molecule is CCCC.CCCC(C)C.CCCCC.CCCCCC. The van der Waals surface area contributed by atoms with E-state index in [4.69, 9.17) is 0 Å². The molecule has 0 saturated heterocycles. The Hall–Kier alpha value is 0. The number of hydrogen-bond donors (Lipinski definition) is 0. The first-order valence-electron chi connectivity index (χ1n) is 10.0. The van der Waals surface area contributed by atoms with Gasteiger partial charge in [-0.1, -0.05) is 133 Å². The van der Waals surface area contributed by atoms with E-state index in [0.717, 1.165) is 5.92 Å². The highest BCUT2D eigenvalue weighted by atomic mass is 13.9. The summed E-state index contributed by atoms with van der Waals surface area (Å²) >= 11 is 0. The van der Waals surface area contributed by atoms with Gasteiger partial charge in [-0.05, 0) is 5.92 Å². The normalized spacial score (nSPS) is 8.86. The second-order valence-corrected chi connectivity index (χ2v) is 6.24. The van der Waals surface area contributed by atoms with Gasteiger partial charge in [0.05, 0.1) is 0 Å². The molecule has 0 aromatic rings. The Balaban J connectivity index is -0.0000000929. The van der Waals surface area contributed by atoms with E-state index in [1.165, 1.54) is 70.6 Å². The molecule has 21 heavy (non-hydrogen) atoms. The molecule has 0 aromatic heterocycles. The number of unbranched alkanes of at least 4 members (excludes halogenated alkanes) is 6. The molecule has 0 heterocycles. The lowest BCUT2D eigenvalue weighted by molar-refractivity contribution is 0.576. The van der Waals surface area contributed by atoms with Gasteiger partial charge in [0.25, 0.3) is 0 Å². The molecule has 0 unspecified atom stereocenters. The first-order valence-corrected chi connectivity index (χ1v) is 10.0. The summed E-state index contributed by atoms with van der Waals surface area (Å²) in [7, 11) is 0. The van der Waals surface area contributed by atoms with E-state index in [9.17, 15) is 0 Å². The van der Waals surface area contributed by atoms with E-state index in [-0.39, 0.29) is 0 Å². The van der Waals surface area contributed by atoms with Gasteiger partial charge in [-0.25, -0.2) is 0 Å². The Bertz CT molecular complexity index is 96.6. The Labute approximate surface area is 139 Å². The maximum Gasteiger partial charge on any atom is -0.0471 e. The van der Waals surface area contributed by atoms with E-state index in [1.54, 1.807) is 0 Å². The molecular formula is C21H50. The van der Waals surface area contributed by atoms with Crippen LogP contribution in [0.4, 0.5) is 0 Å².